The first-order chi connectivity index (χ1) is 11.9. The monoisotopic (exact) mass is 370 g/mol. The van der Waals surface area contributed by atoms with Crippen LogP contribution >= 0.6 is 11.6 Å². The van der Waals surface area contributed by atoms with Crippen molar-refractivity contribution in [3.8, 4) is 5.75 Å². The van der Waals surface area contributed by atoms with Crippen LogP contribution in [-0.2, 0) is 4.74 Å². The second kappa shape index (κ2) is 8.15. The van der Waals surface area contributed by atoms with Gasteiger partial charge in [-0.1, -0.05) is 25.4 Å². The van der Waals surface area contributed by atoms with Crippen molar-refractivity contribution in [3.05, 3.63) is 41.9 Å². The molecule has 9 heteroatoms. The highest BCUT2D eigenvalue weighted by molar-refractivity contribution is 6.30. The normalized spacial score (nSPS) is 13.8. The Balaban J connectivity index is 2.39. The highest BCUT2D eigenvalue weighted by atomic mass is 35.5. The Hall–Kier alpha value is -2.35. The molecule has 0 saturated carbocycles. The van der Waals surface area contributed by atoms with Gasteiger partial charge in [-0.25, -0.2) is 14.5 Å². The zero-order valence-corrected chi connectivity index (χ0v) is 14.9. The molecule has 1 heterocycles. The van der Waals surface area contributed by atoms with Crippen LogP contribution < -0.4 is 10.1 Å². The summed E-state index contributed by atoms with van der Waals surface area (Å²) in [7, 11) is 1.42. The van der Waals surface area contributed by atoms with Gasteiger partial charge < -0.3 is 14.8 Å². The minimum Gasteiger partial charge on any atom is -0.465 e. The number of benzene rings is 1. The lowest BCUT2D eigenvalue weighted by atomic mass is 9.86. The topological polar surface area (TPSA) is 78.3 Å². The van der Waals surface area contributed by atoms with E-state index in [0.29, 0.717) is 10.8 Å². The quantitative estimate of drug-likeness (QED) is 0.809. The van der Waals surface area contributed by atoms with E-state index < -0.39 is 30.5 Å². The standard InChI is InChI=1S/C16H20ClFN4O3/c1-16(2,8-18)13(25-15(23)19-3)14(22-10-20-9-21-22)24-12-6-4-11(17)5-7-12/h4-7,9-10,13-14H,8H2,1-3H3,(H,19,23). The molecule has 0 bridgehead atoms. The molecular formula is C16H20ClFN4O3. The van der Waals surface area contributed by atoms with Crippen LogP contribution in [0.5, 0.6) is 5.75 Å². The molecule has 7 nitrogen and oxygen atoms in total. The number of hydrogen-bond acceptors (Lipinski definition) is 5. The van der Waals surface area contributed by atoms with Crippen molar-refractivity contribution >= 4 is 17.7 Å². The molecule has 2 aromatic rings. The Labute approximate surface area is 150 Å². The van der Waals surface area contributed by atoms with E-state index in [2.05, 4.69) is 15.4 Å². The minimum atomic E-state index is -1.03. The molecule has 1 N–H and O–H groups in total. The third-order valence-corrected chi connectivity index (χ3v) is 3.83. The average Bonchev–Trinajstić information content (AvgIpc) is 3.13. The van der Waals surface area contributed by atoms with Crippen molar-refractivity contribution in [1.82, 2.24) is 20.1 Å². The van der Waals surface area contributed by atoms with Crippen LogP contribution in [-0.4, -0.2) is 40.7 Å². The predicted octanol–water partition coefficient (Wildman–Crippen LogP) is 3.23. The number of ether oxygens (including phenoxy) is 2. The van der Waals surface area contributed by atoms with Gasteiger partial charge in [0.05, 0.1) is 6.67 Å². The Morgan fingerprint density at radius 2 is 2.08 bits per heavy atom. The van der Waals surface area contributed by atoms with Crippen LogP contribution in [0.1, 0.15) is 20.1 Å². The lowest BCUT2D eigenvalue weighted by Gasteiger charge is -2.36. The van der Waals surface area contributed by atoms with E-state index in [-0.39, 0.29) is 0 Å². The summed E-state index contributed by atoms with van der Waals surface area (Å²) >= 11 is 5.88. The summed E-state index contributed by atoms with van der Waals surface area (Å²) in [6.45, 7) is 2.54. The highest BCUT2D eigenvalue weighted by Gasteiger charge is 2.42. The van der Waals surface area contributed by atoms with Crippen LogP contribution in [0.15, 0.2) is 36.9 Å². The number of carbonyl (C=O) groups is 1. The molecule has 2 rings (SSSR count). The summed E-state index contributed by atoms with van der Waals surface area (Å²) in [4.78, 5) is 15.7. The van der Waals surface area contributed by atoms with Gasteiger partial charge in [0, 0.05) is 17.5 Å². The molecule has 0 aliphatic carbocycles. The first kappa shape index (κ1) is 19.0. The smallest absolute Gasteiger partial charge is 0.407 e. The molecule has 0 fully saturated rings. The Bertz CT molecular complexity index is 679. The maximum Gasteiger partial charge on any atom is 0.407 e. The maximum atomic E-state index is 13.6. The molecule has 25 heavy (non-hydrogen) atoms. The molecule has 0 radical (unpaired) electrons. The van der Waals surface area contributed by atoms with Crippen molar-refractivity contribution in [1.29, 1.82) is 0 Å². The minimum absolute atomic E-state index is 0.463. The van der Waals surface area contributed by atoms with Crippen molar-refractivity contribution in [2.75, 3.05) is 13.7 Å². The third-order valence-electron chi connectivity index (χ3n) is 3.58. The molecule has 1 aromatic heterocycles. The Morgan fingerprint density at radius 1 is 1.40 bits per heavy atom. The van der Waals surface area contributed by atoms with Crippen molar-refractivity contribution in [2.45, 2.75) is 26.2 Å². The van der Waals surface area contributed by atoms with E-state index in [1.54, 1.807) is 38.1 Å². The number of nitrogens with one attached hydrogen (secondary N) is 1. The molecule has 0 saturated heterocycles. The summed E-state index contributed by atoms with van der Waals surface area (Å²) in [5.74, 6) is 0.463. The van der Waals surface area contributed by atoms with E-state index in [1.165, 1.54) is 24.4 Å². The number of carbonyl (C=O) groups excluding carboxylic acids is 1. The van der Waals surface area contributed by atoms with Gasteiger partial charge in [-0.05, 0) is 24.3 Å². The number of alkyl carbamates (subject to hydrolysis) is 1. The number of alkyl halides is 1. The molecule has 136 valence electrons. The fourth-order valence-electron chi connectivity index (χ4n) is 2.11. The third kappa shape index (κ3) is 4.82. The van der Waals surface area contributed by atoms with Crippen molar-refractivity contribution < 1.29 is 18.7 Å². The van der Waals surface area contributed by atoms with Crippen LogP contribution in [0, 0.1) is 5.41 Å². The predicted molar refractivity (Wildman–Crippen MR) is 90.2 cm³/mol. The molecule has 2 unspecified atom stereocenters. The van der Waals surface area contributed by atoms with E-state index in [9.17, 15) is 9.18 Å². The van der Waals surface area contributed by atoms with Crippen LogP contribution in [0.25, 0.3) is 0 Å². The van der Waals surface area contributed by atoms with E-state index >= 15 is 0 Å². The second-order valence-electron chi connectivity index (χ2n) is 6.04. The molecule has 2 atom stereocenters. The van der Waals surface area contributed by atoms with Crippen LogP contribution in [0.3, 0.4) is 0 Å². The first-order valence-corrected chi connectivity index (χ1v) is 7.96. The van der Waals surface area contributed by atoms with Crippen LogP contribution in [0.2, 0.25) is 5.02 Å². The second-order valence-corrected chi connectivity index (χ2v) is 6.47. The fraction of sp³-hybridized carbons (Fsp3) is 0.438. The SMILES string of the molecule is CNC(=O)OC(C(Oc1ccc(Cl)cc1)n1cncn1)C(C)(C)CF. The average molecular weight is 371 g/mol. The Morgan fingerprint density at radius 3 is 2.60 bits per heavy atom. The maximum absolute atomic E-state index is 13.6. The van der Waals surface area contributed by atoms with Gasteiger partial charge in [0.2, 0.25) is 6.23 Å². The zero-order chi connectivity index (χ0) is 18.4. The van der Waals surface area contributed by atoms with Gasteiger partial charge in [0.1, 0.15) is 18.4 Å². The molecule has 1 amide bonds. The summed E-state index contributed by atoms with van der Waals surface area (Å²) in [6, 6.07) is 6.63. The summed E-state index contributed by atoms with van der Waals surface area (Å²) in [5, 5.41) is 6.96. The number of amides is 1. The first-order valence-electron chi connectivity index (χ1n) is 7.58. The van der Waals surface area contributed by atoms with Gasteiger partial charge in [-0.2, -0.15) is 5.10 Å². The van der Waals surface area contributed by atoms with Crippen molar-refractivity contribution in [3.63, 3.8) is 0 Å². The van der Waals surface area contributed by atoms with Gasteiger partial charge in [-0.3, -0.25) is 4.39 Å². The fourth-order valence-corrected chi connectivity index (χ4v) is 2.24. The summed E-state index contributed by atoms with van der Waals surface area (Å²) < 4.78 is 26.4. The Kier molecular flexibility index (Phi) is 6.19. The highest BCUT2D eigenvalue weighted by Crippen LogP contribution is 2.34. The molecular weight excluding hydrogens is 351 g/mol. The van der Waals surface area contributed by atoms with Gasteiger partial charge in [0.25, 0.3) is 0 Å². The number of hydrogen-bond donors (Lipinski definition) is 1. The number of halogens is 2. The van der Waals surface area contributed by atoms with Crippen molar-refractivity contribution in [2.24, 2.45) is 5.41 Å². The summed E-state index contributed by atoms with van der Waals surface area (Å²) in [5.41, 5.74) is -1.03. The largest absolute Gasteiger partial charge is 0.465 e. The molecule has 0 aliphatic heterocycles. The van der Waals surface area contributed by atoms with Gasteiger partial charge in [-0.15, -0.1) is 0 Å². The van der Waals surface area contributed by atoms with Gasteiger partial charge in [0.15, 0.2) is 6.10 Å². The summed E-state index contributed by atoms with van der Waals surface area (Å²) in [6.07, 6.45) is 0.130. The van der Waals surface area contributed by atoms with E-state index in [1.807, 2.05) is 0 Å². The number of nitrogens with zero attached hydrogens (tertiary/aromatic N) is 3. The molecule has 1 aromatic carbocycles. The zero-order valence-electron chi connectivity index (χ0n) is 14.1. The van der Waals surface area contributed by atoms with Gasteiger partial charge >= 0.3 is 6.09 Å². The van der Waals surface area contributed by atoms with Crippen LogP contribution in [0.4, 0.5) is 9.18 Å². The lowest BCUT2D eigenvalue weighted by molar-refractivity contribution is -0.0906. The molecule has 0 spiro atoms. The molecule has 0 aliphatic rings. The van der Waals surface area contributed by atoms with E-state index in [0.717, 1.165) is 0 Å². The lowest BCUT2D eigenvalue weighted by Crippen LogP contribution is -2.46. The number of rotatable bonds is 7. The number of aromatic nitrogens is 3. The van der Waals surface area contributed by atoms with E-state index in [4.69, 9.17) is 21.1 Å².